The van der Waals surface area contributed by atoms with Gasteiger partial charge in [-0.2, -0.15) is 0 Å². The molecule has 1 atom stereocenters. The van der Waals surface area contributed by atoms with Gasteiger partial charge in [0.2, 0.25) is 0 Å². The maximum absolute atomic E-state index is 5.45. The third-order valence-electron chi connectivity index (χ3n) is 4.30. The van der Waals surface area contributed by atoms with Crippen LogP contribution in [0.4, 0.5) is 0 Å². The molecule has 2 aliphatic heterocycles. The summed E-state index contributed by atoms with van der Waals surface area (Å²) in [5.41, 5.74) is 0.167. The zero-order chi connectivity index (χ0) is 16.0. The predicted molar refractivity (Wildman–Crippen MR) is 107 cm³/mol. The lowest BCUT2D eigenvalue weighted by Crippen LogP contribution is -2.48. The Bertz CT molecular complexity index is 366. The van der Waals surface area contributed by atoms with Gasteiger partial charge in [0, 0.05) is 57.9 Å². The van der Waals surface area contributed by atoms with E-state index in [-0.39, 0.29) is 29.5 Å². The van der Waals surface area contributed by atoms with Gasteiger partial charge in [-0.1, -0.05) is 0 Å². The van der Waals surface area contributed by atoms with Crippen molar-refractivity contribution in [3.05, 3.63) is 0 Å². The SMILES string of the molecule is CN=C(NCCNC(C)(C)C)N1CCC(N2CCOCC2)C1.I. The van der Waals surface area contributed by atoms with Crippen molar-refractivity contribution < 1.29 is 4.74 Å². The Morgan fingerprint density at radius 3 is 2.48 bits per heavy atom. The molecule has 2 rings (SSSR count). The molecule has 2 saturated heterocycles. The van der Waals surface area contributed by atoms with Crippen LogP contribution in [0.15, 0.2) is 4.99 Å². The monoisotopic (exact) mass is 439 g/mol. The predicted octanol–water partition coefficient (Wildman–Crippen LogP) is 0.974. The quantitative estimate of drug-likeness (QED) is 0.296. The summed E-state index contributed by atoms with van der Waals surface area (Å²) in [4.78, 5) is 9.40. The minimum absolute atomic E-state index is 0. The molecule has 0 saturated carbocycles. The minimum Gasteiger partial charge on any atom is -0.379 e. The van der Waals surface area contributed by atoms with E-state index >= 15 is 0 Å². The molecule has 2 N–H and O–H groups in total. The molecule has 0 spiro atoms. The number of hydrogen-bond acceptors (Lipinski definition) is 4. The van der Waals surface area contributed by atoms with Crippen LogP contribution < -0.4 is 10.6 Å². The van der Waals surface area contributed by atoms with Gasteiger partial charge in [-0.05, 0) is 27.2 Å². The van der Waals surface area contributed by atoms with Gasteiger partial charge in [0.15, 0.2) is 5.96 Å². The first-order valence-corrected chi connectivity index (χ1v) is 8.52. The largest absolute Gasteiger partial charge is 0.379 e. The molecule has 7 heteroatoms. The van der Waals surface area contributed by atoms with Gasteiger partial charge in [-0.3, -0.25) is 9.89 Å². The van der Waals surface area contributed by atoms with Crippen LogP contribution in [-0.2, 0) is 4.74 Å². The number of hydrogen-bond donors (Lipinski definition) is 2. The third kappa shape index (κ3) is 7.11. The highest BCUT2D eigenvalue weighted by Gasteiger charge is 2.30. The lowest BCUT2D eigenvalue weighted by atomic mass is 10.1. The van der Waals surface area contributed by atoms with Gasteiger partial charge >= 0.3 is 0 Å². The Morgan fingerprint density at radius 1 is 1.17 bits per heavy atom. The Labute approximate surface area is 158 Å². The van der Waals surface area contributed by atoms with Crippen LogP contribution >= 0.6 is 24.0 Å². The summed E-state index contributed by atoms with van der Waals surface area (Å²) >= 11 is 0. The van der Waals surface area contributed by atoms with Crippen molar-refractivity contribution in [2.75, 3.05) is 59.5 Å². The number of halogens is 1. The molecule has 0 bridgehead atoms. The van der Waals surface area contributed by atoms with E-state index < -0.39 is 0 Å². The van der Waals surface area contributed by atoms with E-state index in [2.05, 4.69) is 46.2 Å². The van der Waals surface area contributed by atoms with E-state index in [4.69, 9.17) is 4.74 Å². The first-order chi connectivity index (χ1) is 10.5. The van der Waals surface area contributed by atoms with Crippen molar-refractivity contribution >= 4 is 29.9 Å². The first kappa shape index (κ1) is 20.9. The van der Waals surface area contributed by atoms with E-state index in [1.165, 1.54) is 6.42 Å². The lowest BCUT2D eigenvalue weighted by molar-refractivity contribution is 0.0195. The smallest absolute Gasteiger partial charge is 0.193 e. The highest BCUT2D eigenvalue weighted by molar-refractivity contribution is 14.0. The van der Waals surface area contributed by atoms with Crippen molar-refractivity contribution in [2.45, 2.75) is 38.8 Å². The Balaban J connectivity index is 0.00000264. The summed E-state index contributed by atoms with van der Waals surface area (Å²) in [7, 11) is 1.88. The molecule has 0 amide bonds. The molecule has 2 fully saturated rings. The molecule has 0 aromatic heterocycles. The first-order valence-electron chi connectivity index (χ1n) is 8.52. The zero-order valence-corrected chi connectivity index (χ0v) is 17.4. The third-order valence-corrected chi connectivity index (χ3v) is 4.30. The number of aliphatic imine (C=N–C) groups is 1. The average molecular weight is 439 g/mol. The summed E-state index contributed by atoms with van der Waals surface area (Å²) in [5.74, 6) is 1.03. The summed E-state index contributed by atoms with van der Waals surface area (Å²) in [5, 5.41) is 6.97. The number of guanidine groups is 1. The van der Waals surface area contributed by atoms with Crippen LogP contribution in [0.25, 0.3) is 0 Å². The summed E-state index contributed by atoms with van der Waals surface area (Å²) in [6.07, 6.45) is 1.22. The number of nitrogens with zero attached hydrogens (tertiary/aromatic N) is 3. The van der Waals surface area contributed by atoms with Crippen LogP contribution in [-0.4, -0.2) is 86.9 Å². The van der Waals surface area contributed by atoms with Crippen molar-refractivity contribution in [1.82, 2.24) is 20.4 Å². The van der Waals surface area contributed by atoms with Crippen molar-refractivity contribution in [2.24, 2.45) is 4.99 Å². The molecule has 1 unspecified atom stereocenters. The number of likely N-dealkylation sites (tertiary alicyclic amines) is 1. The van der Waals surface area contributed by atoms with Gasteiger partial charge in [0.05, 0.1) is 13.2 Å². The van der Waals surface area contributed by atoms with E-state index in [0.29, 0.717) is 6.04 Å². The number of nitrogens with one attached hydrogen (secondary N) is 2. The maximum atomic E-state index is 5.45. The van der Waals surface area contributed by atoms with Crippen LogP contribution in [0.3, 0.4) is 0 Å². The second-order valence-electron chi connectivity index (χ2n) is 7.19. The molecular weight excluding hydrogens is 405 g/mol. The fourth-order valence-electron chi connectivity index (χ4n) is 3.12. The molecule has 0 aliphatic carbocycles. The Morgan fingerprint density at radius 2 is 1.87 bits per heavy atom. The summed E-state index contributed by atoms with van der Waals surface area (Å²) in [6, 6.07) is 0.648. The molecule has 2 aliphatic rings. The molecule has 0 aromatic rings. The molecule has 23 heavy (non-hydrogen) atoms. The van der Waals surface area contributed by atoms with Gasteiger partial charge in [-0.15, -0.1) is 24.0 Å². The topological polar surface area (TPSA) is 52.1 Å². The molecule has 6 nitrogen and oxygen atoms in total. The van der Waals surface area contributed by atoms with Gasteiger partial charge < -0.3 is 20.3 Å². The van der Waals surface area contributed by atoms with Crippen LogP contribution in [0.1, 0.15) is 27.2 Å². The second-order valence-corrected chi connectivity index (χ2v) is 7.19. The number of morpholine rings is 1. The van der Waals surface area contributed by atoms with E-state index in [0.717, 1.165) is 58.4 Å². The van der Waals surface area contributed by atoms with E-state index in [1.54, 1.807) is 0 Å². The van der Waals surface area contributed by atoms with Crippen molar-refractivity contribution in [3.8, 4) is 0 Å². The van der Waals surface area contributed by atoms with Gasteiger partial charge in [-0.25, -0.2) is 0 Å². The molecule has 136 valence electrons. The average Bonchev–Trinajstić information content (AvgIpc) is 2.97. The van der Waals surface area contributed by atoms with Crippen LogP contribution in [0, 0.1) is 0 Å². The molecule has 0 aromatic carbocycles. The molecular formula is C16H34IN5O. The highest BCUT2D eigenvalue weighted by Crippen LogP contribution is 2.16. The highest BCUT2D eigenvalue weighted by atomic mass is 127. The lowest BCUT2D eigenvalue weighted by Gasteiger charge is -2.32. The standard InChI is InChI=1S/C16H33N5O.HI/c1-16(2,3)19-7-6-18-15(17-4)21-8-5-14(13-21)20-9-11-22-12-10-20;/h14,19H,5-13H2,1-4H3,(H,17,18);1H. The Kier molecular flexibility index (Phi) is 9.10. The van der Waals surface area contributed by atoms with Crippen LogP contribution in [0.5, 0.6) is 0 Å². The maximum Gasteiger partial charge on any atom is 0.193 e. The number of rotatable bonds is 4. The zero-order valence-electron chi connectivity index (χ0n) is 15.1. The fraction of sp³-hybridized carbons (Fsp3) is 0.938. The fourth-order valence-corrected chi connectivity index (χ4v) is 3.12. The van der Waals surface area contributed by atoms with E-state index in [1.807, 2.05) is 7.05 Å². The normalized spacial score (nSPS) is 23.7. The van der Waals surface area contributed by atoms with Gasteiger partial charge in [0.25, 0.3) is 0 Å². The van der Waals surface area contributed by atoms with E-state index in [9.17, 15) is 0 Å². The Hall–Kier alpha value is -0.120. The summed E-state index contributed by atoms with van der Waals surface area (Å²) in [6.45, 7) is 14.5. The van der Waals surface area contributed by atoms with Gasteiger partial charge in [0.1, 0.15) is 0 Å². The molecule has 0 radical (unpaired) electrons. The minimum atomic E-state index is 0. The van der Waals surface area contributed by atoms with Crippen LogP contribution in [0.2, 0.25) is 0 Å². The number of ether oxygens (including phenoxy) is 1. The molecule has 2 heterocycles. The van der Waals surface area contributed by atoms with Crippen molar-refractivity contribution in [1.29, 1.82) is 0 Å². The van der Waals surface area contributed by atoms with Crippen molar-refractivity contribution in [3.63, 3.8) is 0 Å². The summed E-state index contributed by atoms with van der Waals surface area (Å²) < 4.78 is 5.45. The second kappa shape index (κ2) is 10.0.